The Morgan fingerprint density at radius 2 is 1.83 bits per heavy atom. The van der Waals surface area contributed by atoms with E-state index in [1.165, 1.54) is 18.2 Å². The van der Waals surface area contributed by atoms with E-state index in [4.69, 9.17) is 4.74 Å². The molecule has 0 fully saturated rings. The second-order valence-electron chi connectivity index (χ2n) is 6.19. The number of phenolic OH excluding ortho intramolecular Hbond substituents is 2. The summed E-state index contributed by atoms with van der Waals surface area (Å²) in [5, 5.41) is 19.3. The highest BCUT2D eigenvalue weighted by Crippen LogP contribution is 2.32. The summed E-state index contributed by atoms with van der Waals surface area (Å²) in [5.41, 5.74) is 1.67. The van der Waals surface area contributed by atoms with Crippen LogP contribution in [-0.4, -0.2) is 21.8 Å². The number of esters is 1. The fourth-order valence-electron chi connectivity index (χ4n) is 2.07. The molecule has 0 aromatic heterocycles. The smallest absolute Gasteiger partial charge is 0.331 e. The van der Waals surface area contributed by atoms with Crippen molar-refractivity contribution in [3.8, 4) is 22.6 Å². The summed E-state index contributed by atoms with van der Waals surface area (Å²) in [7, 11) is 0. The predicted octanol–water partition coefficient (Wildman–Crippen LogP) is 4.12. The van der Waals surface area contributed by atoms with E-state index in [1.807, 2.05) is 45.0 Å². The van der Waals surface area contributed by atoms with E-state index in [0.717, 1.165) is 11.1 Å². The van der Waals surface area contributed by atoms with Gasteiger partial charge in [-0.2, -0.15) is 0 Å². The molecule has 23 heavy (non-hydrogen) atoms. The second kappa shape index (κ2) is 6.57. The molecule has 0 radical (unpaired) electrons. The van der Waals surface area contributed by atoms with Gasteiger partial charge in [0.1, 0.15) is 17.1 Å². The molecule has 0 aliphatic rings. The van der Waals surface area contributed by atoms with E-state index in [2.05, 4.69) is 0 Å². The molecule has 0 bridgehead atoms. The number of benzene rings is 2. The number of phenols is 2. The first-order valence-corrected chi connectivity index (χ1v) is 7.28. The Kier molecular flexibility index (Phi) is 4.74. The summed E-state index contributed by atoms with van der Waals surface area (Å²) < 4.78 is 5.21. The zero-order valence-electron chi connectivity index (χ0n) is 13.4. The number of carbonyl (C=O) groups is 1. The Morgan fingerprint density at radius 1 is 1.09 bits per heavy atom. The highest BCUT2D eigenvalue weighted by atomic mass is 16.6. The molecule has 2 aromatic carbocycles. The Labute approximate surface area is 135 Å². The molecule has 120 valence electrons. The molecule has 4 heteroatoms. The lowest BCUT2D eigenvalue weighted by molar-refractivity contribution is -0.148. The maximum absolute atomic E-state index is 11.7. The van der Waals surface area contributed by atoms with E-state index in [0.29, 0.717) is 5.56 Å². The lowest BCUT2D eigenvalue weighted by atomic mass is 10.0. The van der Waals surface area contributed by atoms with E-state index < -0.39 is 11.6 Å². The summed E-state index contributed by atoms with van der Waals surface area (Å²) in [6, 6.07) is 11.8. The van der Waals surface area contributed by atoms with E-state index in [-0.39, 0.29) is 11.5 Å². The minimum Gasteiger partial charge on any atom is -0.508 e. The number of hydrogen-bond acceptors (Lipinski definition) is 4. The molecule has 4 nitrogen and oxygen atoms in total. The van der Waals surface area contributed by atoms with Crippen LogP contribution < -0.4 is 0 Å². The van der Waals surface area contributed by atoms with E-state index >= 15 is 0 Å². The van der Waals surface area contributed by atoms with Crippen LogP contribution in [0.5, 0.6) is 11.5 Å². The zero-order chi connectivity index (χ0) is 17.0. The number of carbonyl (C=O) groups excluding carboxylic acids is 1. The van der Waals surface area contributed by atoms with Crippen LogP contribution in [0.4, 0.5) is 0 Å². The van der Waals surface area contributed by atoms with Gasteiger partial charge in [-0.25, -0.2) is 4.79 Å². The van der Waals surface area contributed by atoms with Crippen molar-refractivity contribution >= 4 is 12.0 Å². The maximum atomic E-state index is 11.7. The summed E-state index contributed by atoms with van der Waals surface area (Å²) in [6.45, 7) is 5.44. The van der Waals surface area contributed by atoms with E-state index in [1.54, 1.807) is 12.1 Å². The molecular formula is C19H20O4. The summed E-state index contributed by atoms with van der Waals surface area (Å²) in [5.74, 6) is -0.402. The standard InChI is InChI=1S/C19H20O4/c1-19(2,3)23-18(22)10-7-13-5-4-6-14(11-13)16-9-8-15(20)12-17(16)21/h4-12,20-21H,1-3H3/b10-7+. The first-order chi connectivity index (χ1) is 10.7. The van der Waals surface area contributed by atoms with Crippen molar-refractivity contribution in [1.29, 1.82) is 0 Å². The minimum absolute atomic E-state index is 0.00160. The van der Waals surface area contributed by atoms with Gasteiger partial charge >= 0.3 is 5.97 Å². The molecule has 0 spiro atoms. The quantitative estimate of drug-likeness (QED) is 0.661. The SMILES string of the molecule is CC(C)(C)OC(=O)/C=C/c1cccc(-c2ccc(O)cc2O)c1. The van der Waals surface area contributed by atoms with Crippen molar-refractivity contribution in [3.63, 3.8) is 0 Å². The second-order valence-corrected chi connectivity index (χ2v) is 6.19. The Balaban J connectivity index is 2.22. The van der Waals surface area contributed by atoms with E-state index in [9.17, 15) is 15.0 Å². The monoisotopic (exact) mass is 312 g/mol. The molecule has 0 saturated carbocycles. The van der Waals surface area contributed by atoms with Crippen LogP contribution >= 0.6 is 0 Å². The molecule has 0 amide bonds. The first-order valence-electron chi connectivity index (χ1n) is 7.28. The third kappa shape index (κ3) is 4.88. The number of ether oxygens (including phenoxy) is 1. The van der Waals surface area contributed by atoms with Gasteiger partial charge in [0.25, 0.3) is 0 Å². The van der Waals surface area contributed by atoms with Crippen molar-refractivity contribution in [1.82, 2.24) is 0 Å². The van der Waals surface area contributed by atoms with Crippen LogP contribution in [0.15, 0.2) is 48.5 Å². The van der Waals surface area contributed by atoms with Gasteiger partial charge in [0.15, 0.2) is 0 Å². The molecule has 0 heterocycles. The topological polar surface area (TPSA) is 66.8 Å². The third-order valence-corrected chi connectivity index (χ3v) is 3.00. The first kappa shape index (κ1) is 16.6. The molecular weight excluding hydrogens is 292 g/mol. The third-order valence-electron chi connectivity index (χ3n) is 3.00. The molecule has 0 aliphatic carbocycles. The minimum atomic E-state index is -0.527. The van der Waals surface area contributed by atoms with Crippen LogP contribution in [0.1, 0.15) is 26.3 Å². The Bertz CT molecular complexity index is 739. The summed E-state index contributed by atoms with van der Waals surface area (Å²) in [6.07, 6.45) is 3.04. The molecule has 0 atom stereocenters. The van der Waals surface area contributed by atoms with Crippen LogP contribution in [0.2, 0.25) is 0 Å². The Morgan fingerprint density at radius 3 is 2.48 bits per heavy atom. The van der Waals surface area contributed by atoms with Gasteiger partial charge < -0.3 is 14.9 Å². The van der Waals surface area contributed by atoms with Gasteiger partial charge in [0.05, 0.1) is 0 Å². The fraction of sp³-hybridized carbons (Fsp3) is 0.211. The van der Waals surface area contributed by atoms with Gasteiger partial charge in [0, 0.05) is 17.7 Å². The van der Waals surface area contributed by atoms with Gasteiger partial charge in [-0.05, 0) is 56.2 Å². The molecule has 0 unspecified atom stereocenters. The van der Waals surface area contributed by atoms with Crippen molar-refractivity contribution < 1.29 is 19.7 Å². The highest BCUT2D eigenvalue weighted by molar-refractivity contribution is 5.87. The summed E-state index contributed by atoms with van der Waals surface area (Å²) >= 11 is 0. The van der Waals surface area contributed by atoms with Crippen molar-refractivity contribution in [2.75, 3.05) is 0 Å². The fourth-order valence-corrected chi connectivity index (χ4v) is 2.07. The number of aromatic hydroxyl groups is 2. The van der Waals surface area contributed by atoms with Gasteiger partial charge in [-0.3, -0.25) is 0 Å². The number of hydrogen-bond donors (Lipinski definition) is 2. The van der Waals surface area contributed by atoms with Gasteiger partial charge in [-0.1, -0.05) is 18.2 Å². The predicted molar refractivity (Wildman–Crippen MR) is 90.1 cm³/mol. The average Bonchev–Trinajstić information content (AvgIpc) is 2.43. The van der Waals surface area contributed by atoms with Crippen molar-refractivity contribution in [2.45, 2.75) is 26.4 Å². The molecule has 2 aromatic rings. The van der Waals surface area contributed by atoms with Gasteiger partial charge in [-0.15, -0.1) is 0 Å². The van der Waals surface area contributed by atoms with Crippen LogP contribution in [0.3, 0.4) is 0 Å². The van der Waals surface area contributed by atoms with Crippen molar-refractivity contribution in [2.24, 2.45) is 0 Å². The van der Waals surface area contributed by atoms with Gasteiger partial charge in [0.2, 0.25) is 0 Å². The number of rotatable bonds is 3. The maximum Gasteiger partial charge on any atom is 0.331 e. The van der Waals surface area contributed by atoms with Crippen molar-refractivity contribution in [3.05, 3.63) is 54.1 Å². The van der Waals surface area contributed by atoms with Crippen LogP contribution in [0.25, 0.3) is 17.2 Å². The van der Waals surface area contributed by atoms with Crippen LogP contribution in [-0.2, 0) is 9.53 Å². The molecule has 2 rings (SSSR count). The lowest BCUT2D eigenvalue weighted by Gasteiger charge is -2.17. The molecule has 2 N–H and O–H groups in total. The highest BCUT2D eigenvalue weighted by Gasteiger charge is 2.13. The van der Waals surface area contributed by atoms with Crippen LogP contribution in [0, 0.1) is 0 Å². The largest absolute Gasteiger partial charge is 0.508 e. The molecule has 0 saturated heterocycles. The lowest BCUT2D eigenvalue weighted by Crippen LogP contribution is -2.22. The average molecular weight is 312 g/mol. The molecule has 0 aliphatic heterocycles. The summed E-state index contributed by atoms with van der Waals surface area (Å²) in [4.78, 5) is 11.7. The zero-order valence-corrected chi connectivity index (χ0v) is 13.4. The normalized spacial score (nSPS) is 11.6. The Hall–Kier alpha value is -2.75.